The zero-order chi connectivity index (χ0) is 18.4. The van der Waals surface area contributed by atoms with Gasteiger partial charge in [0.1, 0.15) is 0 Å². The third-order valence-corrected chi connectivity index (χ3v) is 4.62. The van der Waals surface area contributed by atoms with Crippen LogP contribution in [0.1, 0.15) is 37.0 Å². The Bertz CT molecular complexity index is 635. The molecule has 1 aromatic rings. The van der Waals surface area contributed by atoms with Crippen molar-refractivity contribution in [1.82, 2.24) is 9.80 Å². The minimum Gasteiger partial charge on any atom is -0.366 e. The average Bonchev–Trinajstić information content (AvgIpc) is 2.63. The molecule has 1 heterocycles. The summed E-state index contributed by atoms with van der Waals surface area (Å²) in [5.74, 6) is -0.888. The number of rotatable bonds is 5. The summed E-state index contributed by atoms with van der Waals surface area (Å²) < 4.78 is 0. The number of nitrogens with one attached hydrogen (secondary N) is 1. The smallest absolute Gasteiger partial charge is 0.319 e. The van der Waals surface area contributed by atoms with E-state index < -0.39 is 5.91 Å². The van der Waals surface area contributed by atoms with Gasteiger partial charge < -0.3 is 20.9 Å². The Balaban J connectivity index is 1.94. The van der Waals surface area contributed by atoms with Gasteiger partial charge in [-0.25, -0.2) is 4.79 Å². The second-order valence-corrected chi connectivity index (χ2v) is 6.12. The third kappa shape index (κ3) is 4.49. The molecular weight excluding hydrogens is 320 g/mol. The van der Waals surface area contributed by atoms with Crippen molar-refractivity contribution in [2.24, 2.45) is 11.7 Å². The molecule has 136 valence electrons. The molecule has 0 atom stereocenters. The van der Waals surface area contributed by atoms with Crippen molar-refractivity contribution in [1.29, 1.82) is 0 Å². The summed E-state index contributed by atoms with van der Waals surface area (Å²) in [4.78, 5) is 39.9. The lowest BCUT2D eigenvalue weighted by atomic mass is 9.95. The van der Waals surface area contributed by atoms with Gasteiger partial charge in [-0.1, -0.05) is 12.1 Å². The van der Waals surface area contributed by atoms with E-state index in [1.54, 1.807) is 34.1 Å². The number of hydrogen-bond acceptors (Lipinski definition) is 3. The molecule has 0 saturated carbocycles. The fraction of sp³-hybridized carbons (Fsp3) is 0.500. The van der Waals surface area contributed by atoms with Crippen LogP contribution < -0.4 is 11.1 Å². The monoisotopic (exact) mass is 346 g/mol. The highest BCUT2D eigenvalue weighted by atomic mass is 16.2. The maximum absolute atomic E-state index is 12.5. The summed E-state index contributed by atoms with van der Waals surface area (Å²) in [6.07, 6.45) is 1.22. The van der Waals surface area contributed by atoms with Crippen LogP contribution in [-0.4, -0.2) is 53.8 Å². The van der Waals surface area contributed by atoms with Gasteiger partial charge in [0.05, 0.1) is 11.3 Å². The van der Waals surface area contributed by atoms with Crippen molar-refractivity contribution in [2.45, 2.75) is 26.7 Å². The van der Waals surface area contributed by atoms with E-state index in [1.807, 2.05) is 13.8 Å². The number of amides is 4. The molecule has 3 N–H and O–H groups in total. The fourth-order valence-corrected chi connectivity index (χ4v) is 3.07. The SMILES string of the molecule is CCN(CC)C(=O)N1CCC(C(=O)Nc2ccccc2C(N)=O)CC1. The molecule has 0 unspecified atom stereocenters. The first kappa shape index (κ1) is 18.8. The van der Waals surface area contributed by atoms with Crippen LogP contribution in [0.2, 0.25) is 0 Å². The van der Waals surface area contributed by atoms with Crippen LogP contribution in [-0.2, 0) is 4.79 Å². The molecule has 4 amide bonds. The number of piperidine rings is 1. The first-order valence-electron chi connectivity index (χ1n) is 8.71. The van der Waals surface area contributed by atoms with Gasteiger partial charge in [0.25, 0.3) is 5.91 Å². The lowest BCUT2D eigenvalue weighted by Gasteiger charge is -2.34. The molecule has 1 saturated heterocycles. The van der Waals surface area contributed by atoms with Gasteiger partial charge in [-0.2, -0.15) is 0 Å². The van der Waals surface area contributed by atoms with E-state index in [9.17, 15) is 14.4 Å². The average molecular weight is 346 g/mol. The number of para-hydroxylation sites is 1. The maximum atomic E-state index is 12.5. The molecule has 2 rings (SSSR count). The van der Waals surface area contributed by atoms with Crippen LogP contribution in [0.5, 0.6) is 0 Å². The second-order valence-electron chi connectivity index (χ2n) is 6.12. The van der Waals surface area contributed by atoms with E-state index in [0.29, 0.717) is 50.3 Å². The number of carbonyl (C=O) groups excluding carboxylic acids is 3. The molecule has 7 heteroatoms. The quantitative estimate of drug-likeness (QED) is 0.852. The highest BCUT2D eigenvalue weighted by Crippen LogP contribution is 2.22. The number of urea groups is 1. The number of nitrogens with two attached hydrogens (primary N) is 1. The van der Waals surface area contributed by atoms with Crippen LogP contribution in [0.15, 0.2) is 24.3 Å². The minimum atomic E-state index is -0.574. The normalized spacial score (nSPS) is 14.9. The van der Waals surface area contributed by atoms with Crippen LogP contribution in [0.25, 0.3) is 0 Å². The Morgan fingerprint density at radius 1 is 1.16 bits per heavy atom. The molecule has 0 aromatic heterocycles. The standard InChI is InChI=1S/C18H26N4O3/c1-3-21(4-2)18(25)22-11-9-13(10-12-22)17(24)20-15-8-6-5-7-14(15)16(19)23/h5-8,13H,3-4,9-12H2,1-2H3,(H2,19,23)(H,20,24). The molecule has 0 aliphatic carbocycles. The Labute approximate surface area is 148 Å². The van der Waals surface area contributed by atoms with Crippen LogP contribution in [0.3, 0.4) is 0 Å². The van der Waals surface area contributed by atoms with Gasteiger partial charge >= 0.3 is 6.03 Å². The van der Waals surface area contributed by atoms with Gasteiger partial charge in [0.2, 0.25) is 5.91 Å². The van der Waals surface area contributed by atoms with Gasteiger partial charge in [-0.15, -0.1) is 0 Å². The van der Waals surface area contributed by atoms with Crippen molar-refractivity contribution in [3.63, 3.8) is 0 Å². The van der Waals surface area contributed by atoms with Gasteiger partial charge in [-0.3, -0.25) is 9.59 Å². The predicted octanol–water partition coefficient (Wildman–Crippen LogP) is 1.90. The topological polar surface area (TPSA) is 95.7 Å². The number of benzene rings is 1. The third-order valence-electron chi connectivity index (χ3n) is 4.62. The maximum Gasteiger partial charge on any atom is 0.319 e. The summed E-state index contributed by atoms with van der Waals surface area (Å²) in [5, 5.41) is 2.80. The van der Waals surface area contributed by atoms with Crippen molar-refractivity contribution in [3.05, 3.63) is 29.8 Å². The molecule has 25 heavy (non-hydrogen) atoms. The molecule has 1 aliphatic heterocycles. The highest BCUT2D eigenvalue weighted by molar-refractivity contribution is 6.03. The van der Waals surface area contributed by atoms with Gasteiger partial charge in [0.15, 0.2) is 0 Å². The lowest BCUT2D eigenvalue weighted by Crippen LogP contribution is -2.47. The van der Waals surface area contributed by atoms with Crippen molar-refractivity contribution >= 4 is 23.5 Å². The van der Waals surface area contributed by atoms with Gasteiger partial charge in [0, 0.05) is 32.1 Å². The first-order chi connectivity index (χ1) is 12.0. The second kappa shape index (κ2) is 8.50. The van der Waals surface area contributed by atoms with Crippen molar-refractivity contribution in [2.75, 3.05) is 31.5 Å². The van der Waals surface area contributed by atoms with E-state index in [-0.39, 0.29) is 17.9 Å². The zero-order valence-corrected chi connectivity index (χ0v) is 14.8. The van der Waals surface area contributed by atoms with E-state index in [1.165, 1.54) is 0 Å². The van der Waals surface area contributed by atoms with Crippen LogP contribution in [0, 0.1) is 5.92 Å². The number of nitrogens with zero attached hydrogens (tertiary/aromatic N) is 2. The molecule has 1 aliphatic rings. The Morgan fingerprint density at radius 3 is 2.32 bits per heavy atom. The fourth-order valence-electron chi connectivity index (χ4n) is 3.07. The number of primary amides is 1. The summed E-state index contributed by atoms with van der Waals surface area (Å²) in [6, 6.07) is 6.73. The van der Waals surface area contributed by atoms with Crippen LogP contribution >= 0.6 is 0 Å². The Hall–Kier alpha value is -2.57. The first-order valence-corrected chi connectivity index (χ1v) is 8.71. The van der Waals surface area contributed by atoms with Gasteiger partial charge in [-0.05, 0) is 38.8 Å². The molecule has 0 spiro atoms. The largest absolute Gasteiger partial charge is 0.366 e. The van der Waals surface area contributed by atoms with Crippen molar-refractivity contribution in [3.8, 4) is 0 Å². The van der Waals surface area contributed by atoms with E-state index in [4.69, 9.17) is 5.73 Å². The van der Waals surface area contributed by atoms with E-state index in [2.05, 4.69) is 5.32 Å². The predicted molar refractivity (Wildman–Crippen MR) is 96.2 cm³/mol. The van der Waals surface area contributed by atoms with Crippen LogP contribution in [0.4, 0.5) is 10.5 Å². The summed E-state index contributed by atoms with van der Waals surface area (Å²) in [7, 11) is 0. The highest BCUT2D eigenvalue weighted by Gasteiger charge is 2.29. The van der Waals surface area contributed by atoms with Crippen molar-refractivity contribution < 1.29 is 14.4 Å². The molecule has 1 aromatic carbocycles. The van der Waals surface area contributed by atoms with E-state index in [0.717, 1.165) is 0 Å². The zero-order valence-electron chi connectivity index (χ0n) is 14.8. The molecule has 0 bridgehead atoms. The molecule has 7 nitrogen and oxygen atoms in total. The summed E-state index contributed by atoms with van der Waals surface area (Å²) in [5.41, 5.74) is 6.06. The van der Waals surface area contributed by atoms with E-state index >= 15 is 0 Å². The summed E-state index contributed by atoms with van der Waals surface area (Å²) in [6.45, 7) is 6.39. The summed E-state index contributed by atoms with van der Waals surface area (Å²) >= 11 is 0. The number of likely N-dealkylation sites (tertiary alicyclic amines) is 1. The lowest BCUT2D eigenvalue weighted by molar-refractivity contribution is -0.121. The molecular formula is C18H26N4O3. The molecule has 0 radical (unpaired) electrons. The molecule has 1 fully saturated rings. The Morgan fingerprint density at radius 2 is 1.76 bits per heavy atom. The number of carbonyl (C=O) groups is 3. The minimum absolute atomic E-state index is 0.0305. The number of anilines is 1. The Kier molecular flexibility index (Phi) is 6.38. The number of hydrogen-bond donors (Lipinski definition) is 2.